The van der Waals surface area contributed by atoms with Crippen molar-refractivity contribution < 1.29 is 24.2 Å². The van der Waals surface area contributed by atoms with Crippen LogP contribution < -0.4 is 0 Å². The van der Waals surface area contributed by atoms with Crippen LogP contribution in [-0.4, -0.2) is 65.4 Å². The molecule has 0 radical (unpaired) electrons. The molecule has 146 valence electrons. The molecule has 2 aliphatic heterocycles. The number of aromatic nitrogens is 1. The molecule has 0 saturated carbocycles. The fourth-order valence-corrected chi connectivity index (χ4v) is 6.11. The number of halogens is 1. The summed E-state index contributed by atoms with van der Waals surface area (Å²) in [6.07, 6.45) is 1.57. The fourth-order valence-electron chi connectivity index (χ4n) is 3.55. The predicted octanol–water partition coefficient (Wildman–Crippen LogP) is 1.49. The van der Waals surface area contributed by atoms with Gasteiger partial charge in [0.25, 0.3) is 0 Å². The molecule has 1 N–H and O–H groups in total. The normalized spacial score (nSPS) is 29.7. The molecule has 1 aromatic rings. The molecule has 2 fully saturated rings. The van der Waals surface area contributed by atoms with E-state index in [0.29, 0.717) is 5.69 Å². The summed E-state index contributed by atoms with van der Waals surface area (Å²) in [5.74, 6) is -1.58. The van der Waals surface area contributed by atoms with Gasteiger partial charge in [0.2, 0.25) is 11.7 Å². The first kappa shape index (κ1) is 20.2. The van der Waals surface area contributed by atoms with Crippen molar-refractivity contribution in [3.8, 4) is 0 Å². The first-order valence-electron chi connectivity index (χ1n) is 8.38. The summed E-state index contributed by atoms with van der Waals surface area (Å²) in [4.78, 5) is 39.6. The van der Waals surface area contributed by atoms with Gasteiger partial charge in [0.05, 0.1) is 5.69 Å². The first-order chi connectivity index (χ1) is 12.6. The molecule has 3 heterocycles. The molecule has 0 bridgehead atoms. The van der Waals surface area contributed by atoms with E-state index in [2.05, 4.69) is 22.5 Å². The van der Waals surface area contributed by atoms with Gasteiger partial charge in [0, 0.05) is 18.0 Å². The third kappa shape index (κ3) is 2.87. The number of aliphatic hydroxyl groups is 1. The average molecular weight is 457 g/mol. The molecule has 4 atom stereocenters. The number of carbonyl (C=O) groups excluding carboxylic acids is 3. The van der Waals surface area contributed by atoms with Crippen LogP contribution in [0.15, 0.2) is 31.0 Å². The predicted molar refractivity (Wildman–Crippen MR) is 105 cm³/mol. The van der Waals surface area contributed by atoms with Crippen molar-refractivity contribution in [2.75, 3.05) is 6.61 Å². The topological polar surface area (TPSA) is 88.8 Å². The zero-order chi connectivity index (χ0) is 20.1. The molecule has 2 aliphatic rings. The average Bonchev–Trinajstić information content (AvgIpc) is 3.16. The van der Waals surface area contributed by atoms with Crippen LogP contribution in [0, 0.1) is 0 Å². The molecule has 0 spiro atoms. The minimum Gasteiger partial charge on any atom is -0.460 e. The van der Waals surface area contributed by atoms with Crippen LogP contribution in [0.1, 0.15) is 24.3 Å². The molecule has 1 unspecified atom stereocenters. The van der Waals surface area contributed by atoms with Gasteiger partial charge < -0.3 is 19.3 Å². The van der Waals surface area contributed by atoms with Crippen LogP contribution in [0.25, 0.3) is 0 Å². The van der Waals surface area contributed by atoms with Crippen molar-refractivity contribution in [2.24, 2.45) is 7.05 Å². The zero-order valence-corrected chi connectivity index (χ0v) is 17.6. The Morgan fingerprint density at radius 2 is 2.19 bits per heavy atom. The van der Waals surface area contributed by atoms with E-state index in [-0.39, 0.29) is 6.61 Å². The van der Waals surface area contributed by atoms with Gasteiger partial charge in [-0.2, -0.15) is 0 Å². The van der Waals surface area contributed by atoms with Crippen LogP contribution >= 0.6 is 27.7 Å². The Balaban J connectivity index is 1.87. The summed E-state index contributed by atoms with van der Waals surface area (Å²) >= 11 is 4.69. The van der Waals surface area contributed by atoms with Crippen LogP contribution in [0.2, 0.25) is 0 Å². The summed E-state index contributed by atoms with van der Waals surface area (Å²) < 4.78 is 4.62. The Hall–Kier alpha value is -1.58. The number of rotatable bonds is 6. The van der Waals surface area contributed by atoms with Crippen molar-refractivity contribution in [1.82, 2.24) is 9.47 Å². The molecular formula is C18H21BrN2O5S. The third-order valence-electron chi connectivity index (χ3n) is 4.94. The Morgan fingerprint density at radius 3 is 2.74 bits per heavy atom. The van der Waals surface area contributed by atoms with Gasteiger partial charge in [-0.3, -0.25) is 9.59 Å². The van der Waals surface area contributed by atoms with Crippen molar-refractivity contribution in [3.63, 3.8) is 0 Å². The second-order valence-corrected chi connectivity index (χ2v) is 10.2. The van der Waals surface area contributed by atoms with Crippen LogP contribution in [-0.2, 0) is 21.4 Å². The monoisotopic (exact) mass is 456 g/mol. The maximum atomic E-state index is 13.0. The Bertz CT molecular complexity index is 822. The summed E-state index contributed by atoms with van der Waals surface area (Å²) in [6, 6.07) is 2.47. The molecule has 1 aromatic heterocycles. The highest BCUT2D eigenvalue weighted by Crippen LogP contribution is 2.59. The van der Waals surface area contributed by atoms with Gasteiger partial charge in [0.1, 0.15) is 24.1 Å². The summed E-state index contributed by atoms with van der Waals surface area (Å²) in [7, 11) is 1.69. The number of carbonyl (C=O) groups is 3. The highest BCUT2D eigenvalue weighted by Gasteiger charge is 2.74. The third-order valence-corrected chi connectivity index (χ3v) is 8.10. The standard InChI is InChI=1S/C18H21BrN2O5S/c1-5-9-26-14(24)12-17(2,3)27-16-18(19,15(25)21(12)16)13(23)11(22)10-7-6-8-20(10)4/h5-8,12-13,16,23H,1,9H2,2-4H3/t12-,13?,16+,18-/m0/s1. The lowest BCUT2D eigenvalue weighted by molar-refractivity contribution is -0.166. The molecule has 9 heteroatoms. The maximum Gasteiger partial charge on any atom is 0.330 e. The zero-order valence-electron chi connectivity index (χ0n) is 15.2. The summed E-state index contributed by atoms with van der Waals surface area (Å²) in [5.41, 5.74) is 0.303. The van der Waals surface area contributed by atoms with Gasteiger partial charge in [-0.15, -0.1) is 11.8 Å². The quantitative estimate of drug-likeness (QED) is 0.229. The van der Waals surface area contributed by atoms with Crippen LogP contribution in [0.3, 0.4) is 0 Å². The van der Waals surface area contributed by atoms with E-state index >= 15 is 0 Å². The number of aliphatic hydroxyl groups excluding tert-OH is 1. The number of alkyl halides is 1. The second kappa shape index (κ2) is 6.79. The fraction of sp³-hybridized carbons (Fsp3) is 0.500. The van der Waals surface area contributed by atoms with E-state index in [4.69, 9.17) is 4.74 Å². The van der Waals surface area contributed by atoms with Gasteiger partial charge in [0.15, 0.2) is 4.32 Å². The van der Waals surface area contributed by atoms with E-state index in [0.717, 1.165) is 0 Å². The van der Waals surface area contributed by atoms with Crippen molar-refractivity contribution in [3.05, 3.63) is 36.7 Å². The molecule has 3 rings (SSSR count). The van der Waals surface area contributed by atoms with E-state index < -0.39 is 44.3 Å². The minimum atomic E-state index is -1.58. The minimum absolute atomic E-state index is 0.0524. The van der Waals surface area contributed by atoms with E-state index in [1.54, 1.807) is 29.9 Å². The number of Topliss-reactive ketones (excluding diaryl/α,β-unsaturated/α-hetero) is 1. The number of fused-ring (bicyclic) bond motifs is 1. The summed E-state index contributed by atoms with van der Waals surface area (Å²) in [6.45, 7) is 7.24. The number of ether oxygens (including phenoxy) is 1. The lowest BCUT2D eigenvalue weighted by atomic mass is 9.85. The van der Waals surface area contributed by atoms with Crippen LogP contribution in [0.5, 0.6) is 0 Å². The van der Waals surface area contributed by atoms with Gasteiger partial charge in [-0.25, -0.2) is 4.79 Å². The highest BCUT2D eigenvalue weighted by atomic mass is 79.9. The van der Waals surface area contributed by atoms with Crippen molar-refractivity contribution >= 4 is 45.4 Å². The smallest absolute Gasteiger partial charge is 0.330 e. The number of esters is 1. The molecule has 27 heavy (non-hydrogen) atoms. The number of thioether (sulfide) groups is 1. The van der Waals surface area contributed by atoms with Crippen molar-refractivity contribution in [1.29, 1.82) is 0 Å². The Labute approximate surface area is 169 Å². The largest absolute Gasteiger partial charge is 0.460 e. The molecular weight excluding hydrogens is 436 g/mol. The van der Waals surface area contributed by atoms with Gasteiger partial charge in [-0.1, -0.05) is 28.6 Å². The van der Waals surface area contributed by atoms with Crippen LogP contribution in [0.4, 0.5) is 0 Å². The number of ketones is 1. The first-order valence-corrected chi connectivity index (χ1v) is 10.0. The molecule has 0 aliphatic carbocycles. The number of aryl methyl sites for hydroxylation is 1. The molecule has 7 nitrogen and oxygen atoms in total. The lowest BCUT2D eigenvalue weighted by Crippen LogP contribution is -2.75. The summed E-state index contributed by atoms with van der Waals surface area (Å²) in [5, 5.41) is 10.2. The molecule has 0 aromatic carbocycles. The number of β-lactam (4-membered cyclic amide) rings is 1. The van der Waals surface area contributed by atoms with Crippen molar-refractivity contribution in [2.45, 2.75) is 40.4 Å². The molecule has 1 amide bonds. The number of hydrogen-bond acceptors (Lipinski definition) is 6. The maximum absolute atomic E-state index is 13.0. The van der Waals surface area contributed by atoms with E-state index in [1.165, 1.54) is 22.7 Å². The second-order valence-electron chi connectivity index (χ2n) is 7.15. The van der Waals surface area contributed by atoms with E-state index in [1.807, 2.05) is 13.8 Å². The SMILES string of the molecule is C=CCOC(=O)[C@@H]1N2C(=O)[C@@](Br)(C(O)C(=O)c3cccn3C)[C@H]2SC1(C)C. The van der Waals surface area contributed by atoms with E-state index in [9.17, 15) is 19.5 Å². The number of amides is 1. The Morgan fingerprint density at radius 1 is 1.52 bits per heavy atom. The lowest BCUT2D eigenvalue weighted by Gasteiger charge is -2.51. The number of nitrogens with zero attached hydrogens (tertiary/aromatic N) is 2. The molecule has 2 saturated heterocycles. The van der Waals surface area contributed by atoms with Gasteiger partial charge in [-0.05, 0) is 26.0 Å². The highest BCUT2D eigenvalue weighted by molar-refractivity contribution is 9.10. The van der Waals surface area contributed by atoms with Gasteiger partial charge >= 0.3 is 5.97 Å². The Kier molecular flexibility index (Phi) is 5.07. The number of hydrogen-bond donors (Lipinski definition) is 1.